The van der Waals surface area contributed by atoms with Crippen molar-refractivity contribution in [3.05, 3.63) is 35.6 Å². The van der Waals surface area contributed by atoms with Crippen LogP contribution in [0.3, 0.4) is 0 Å². The highest BCUT2D eigenvalue weighted by Crippen LogP contribution is 2.03. The summed E-state index contributed by atoms with van der Waals surface area (Å²) in [6, 6.07) is 4.99. The summed E-state index contributed by atoms with van der Waals surface area (Å²) in [7, 11) is 0. The van der Waals surface area contributed by atoms with Gasteiger partial charge in [0.05, 0.1) is 6.42 Å². The number of carboxylic acid groups (broad SMARTS) is 1. The molecule has 6 heteroatoms. The minimum Gasteiger partial charge on any atom is -0.481 e. The number of benzene rings is 1. The monoisotopic (exact) mass is 282 g/mol. The number of nitrogens with one attached hydrogen (secondary N) is 2. The molecule has 0 aliphatic carbocycles. The van der Waals surface area contributed by atoms with Crippen LogP contribution in [0.15, 0.2) is 24.3 Å². The average molecular weight is 282 g/mol. The molecule has 1 aromatic rings. The molecule has 3 N–H and O–H groups in total. The van der Waals surface area contributed by atoms with Crippen molar-refractivity contribution >= 4 is 12.0 Å². The minimum atomic E-state index is -0.942. The highest BCUT2D eigenvalue weighted by Gasteiger charge is 2.14. The number of urea groups is 1. The van der Waals surface area contributed by atoms with Crippen molar-refractivity contribution in [3.8, 4) is 0 Å². The Morgan fingerprint density at radius 3 is 2.50 bits per heavy atom. The van der Waals surface area contributed by atoms with Crippen LogP contribution in [-0.2, 0) is 11.3 Å². The van der Waals surface area contributed by atoms with Gasteiger partial charge in [-0.25, -0.2) is 9.18 Å². The van der Waals surface area contributed by atoms with E-state index in [1.165, 1.54) is 12.1 Å². The summed E-state index contributed by atoms with van der Waals surface area (Å²) in [6.45, 7) is 2.19. The first-order valence-corrected chi connectivity index (χ1v) is 6.52. The highest BCUT2D eigenvalue weighted by atomic mass is 19.1. The Kier molecular flexibility index (Phi) is 6.49. The van der Waals surface area contributed by atoms with E-state index < -0.39 is 12.0 Å². The van der Waals surface area contributed by atoms with Crippen molar-refractivity contribution in [3.63, 3.8) is 0 Å². The predicted molar refractivity (Wildman–Crippen MR) is 72.7 cm³/mol. The topological polar surface area (TPSA) is 78.4 Å². The lowest BCUT2D eigenvalue weighted by atomic mass is 10.1. The average Bonchev–Trinajstić information content (AvgIpc) is 2.37. The van der Waals surface area contributed by atoms with E-state index in [9.17, 15) is 14.0 Å². The molecule has 5 nitrogen and oxygen atoms in total. The molecule has 1 aromatic carbocycles. The number of halogens is 1. The van der Waals surface area contributed by atoms with Crippen molar-refractivity contribution in [2.75, 3.05) is 0 Å². The SMILES string of the molecule is CCCC(CC(=O)O)NC(=O)NCc1ccc(F)cc1. The molecule has 2 amide bonds. The molecule has 0 bridgehead atoms. The van der Waals surface area contributed by atoms with E-state index in [2.05, 4.69) is 10.6 Å². The molecule has 0 aliphatic rings. The summed E-state index contributed by atoms with van der Waals surface area (Å²) >= 11 is 0. The maximum atomic E-state index is 12.7. The van der Waals surface area contributed by atoms with Crippen LogP contribution in [0.1, 0.15) is 31.7 Å². The van der Waals surface area contributed by atoms with E-state index in [1.807, 2.05) is 6.92 Å². The molecule has 110 valence electrons. The van der Waals surface area contributed by atoms with Gasteiger partial charge < -0.3 is 15.7 Å². The Morgan fingerprint density at radius 2 is 1.95 bits per heavy atom. The zero-order valence-corrected chi connectivity index (χ0v) is 11.4. The summed E-state index contributed by atoms with van der Waals surface area (Å²) < 4.78 is 12.7. The molecule has 0 heterocycles. The highest BCUT2D eigenvalue weighted by molar-refractivity contribution is 5.75. The van der Waals surface area contributed by atoms with Gasteiger partial charge in [-0.15, -0.1) is 0 Å². The van der Waals surface area contributed by atoms with Gasteiger partial charge in [-0.3, -0.25) is 4.79 Å². The molecule has 0 spiro atoms. The maximum absolute atomic E-state index is 12.7. The fourth-order valence-corrected chi connectivity index (χ4v) is 1.81. The number of amides is 2. The first kappa shape index (κ1) is 15.9. The normalized spacial score (nSPS) is 11.7. The molecule has 0 aliphatic heterocycles. The van der Waals surface area contributed by atoms with E-state index >= 15 is 0 Å². The van der Waals surface area contributed by atoms with E-state index in [4.69, 9.17) is 5.11 Å². The number of aliphatic carboxylic acids is 1. The molecular formula is C14H19FN2O3. The van der Waals surface area contributed by atoms with Gasteiger partial charge in [0.25, 0.3) is 0 Å². The van der Waals surface area contributed by atoms with Crippen molar-refractivity contribution in [2.45, 2.75) is 38.8 Å². The van der Waals surface area contributed by atoms with E-state index in [1.54, 1.807) is 12.1 Å². The predicted octanol–water partition coefficient (Wildman–Crippen LogP) is 2.27. The van der Waals surface area contributed by atoms with E-state index in [0.717, 1.165) is 12.0 Å². The van der Waals surface area contributed by atoms with Gasteiger partial charge in [0.15, 0.2) is 0 Å². The summed E-state index contributed by atoms with van der Waals surface area (Å²) in [5.74, 6) is -1.27. The fraction of sp³-hybridized carbons (Fsp3) is 0.429. The number of rotatable bonds is 7. The van der Waals surface area contributed by atoms with Crippen LogP contribution >= 0.6 is 0 Å². The molecule has 1 unspecified atom stereocenters. The van der Waals surface area contributed by atoms with Crippen LogP contribution in [-0.4, -0.2) is 23.1 Å². The Labute approximate surface area is 117 Å². The first-order valence-electron chi connectivity index (χ1n) is 6.52. The number of carboxylic acids is 1. The lowest BCUT2D eigenvalue weighted by Crippen LogP contribution is -2.42. The Bertz CT molecular complexity index is 448. The third-order valence-corrected chi connectivity index (χ3v) is 2.76. The van der Waals surface area contributed by atoms with Crippen LogP contribution in [0.2, 0.25) is 0 Å². The fourth-order valence-electron chi connectivity index (χ4n) is 1.81. The first-order chi connectivity index (χ1) is 9.51. The van der Waals surface area contributed by atoms with Gasteiger partial charge in [-0.05, 0) is 24.1 Å². The largest absolute Gasteiger partial charge is 0.481 e. The van der Waals surface area contributed by atoms with E-state index in [-0.39, 0.29) is 24.8 Å². The van der Waals surface area contributed by atoms with Crippen molar-refractivity contribution in [1.29, 1.82) is 0 Å². The second-order valence-electron chi connectivity index (χ2n) is 4.54. The van der Waals surface area contributed by atoms with Gasteiger partial charge in [0.1, 0.15) is 5.82 Å². The zero-order valence-electron chi connectivity index (χ0n) is 11.4. The van der Waals surface area contributed by atoms with Gasteiger partial charge in [0.2, 0.25) is 0 Å². The molecule has 0 aromatic heterocycles. The van der Waals surface area contributed by atoms with Crippen LogP contribution < -0.4 is 10.6 Å². The second-order valence-corrected chi connectivity index (χ2v) is 4.54. The van der Waals surface area contributed by atoms with E-state index in [0.29, 0.717) is 6.42 Å². The lowest BCUT2D eigenvalue weighted by molar-refractivity contribution is -0.137. The van der Waals surface area contributed by atoms with Crippen molar-refractivity contribution in [2.24, 2.45) is 0 Å². The third kappa shape index (κ3) is 6.17. The van der Waals surface area contributed by atoms with Crippen LogP contribution in [0.4, 0.5) is 9.18 Å². The summed E-state index contributed by atoms with van der Waals surface area (Å²) in [5.41, 5.74) is 0.770. The summed E-state index contributed by atoms with van der Waals surface area (Å²) in [5, 5.41) is 14.0. The van der Waals surface area contributed by atoms with Crippen LogP contribution in [0.5, 0.6) is 0 Å². The maximum Gasteiger partial charge on any atom is 0.315 e. The second kappa shape index (κ2) is 8.14. The minimum absolute atomic E-state index is 0.0994. The third-order valence-electron chi connectivity index (χ3n) is 2.76. The number of carbonyl (C=O) groups is 2. The molecular weight excluding hydrogens is 263 g/mol. The Balaban J connectivity index is 2.41. The van der Waals surface area contributed by atoms with Crippen molar-refractivity contribution in [1.82, 2.24) is 10.6 Å². The zero-order chi connectivity index (χ0) is 15.0. The summed E-state index contributed by atoms with van der Waals surface area (Å²) in [4.78, 5) is 22.3. The van der Waals surface area contributed by atoms with Gasteiger partial charge in [0, 0.05) is 12.6 Å². The van der Waals surface area contributed by atoms with Gasteiger partial charge in [-0.1, -0.05) is 25.5 Å². The van der Waals surface area contributed by atoms with Gasteiger partial charge in [-0.2, -0.15) is 0 Å². The number of carbonyl (C=O) groups excluding carboxylic acids is 1. The quantitative estimate of drug-likeness (QED) is 0.718. The summed E-state index contributed by atoms with van der Waals surface area (Å²) in [6.07, 6.45) is 1.30. The molecule has 0 saturated carbocycles. The molecule has 20 heavy (non-hydrogen) atoms. The smallest absolute Gasteiger partial charge is 0.315 e. The Morgan fingerprint density at radius 1 is 1.30 bits per heavy atom. The number of hydrogen-bond acceptors (Lipinski definition) is 2. The van der Waals surface area contributed by atoms with Crippen LogP contribution in [0, 0.1) is 5.82 Å². The number of hydrogen-bond donors (Lipinski definition) is 3. The molecule has 0 fully saturated rings. The standard InChI is InChI=1S/C14H19FN2O3/c1-2-3-12(8-13(18)19)17-14(20)16-9-10-4-6-11(15)7-5-10/h4-7,12H,2-3,8-9H2,1H3,(H,18,19)(H2,16,17,20). The lowest BCUT2D eigenvalue weighted by Gasteiger charge is -2.16. The molecule has 0 saturated heterocycles. The van der Waals surface area contributed by atoms with Gasteiger partial charge >= 0.3 is 12.0 Å². The molecule has 1 rings (SSSR count). The van der Waals surface area contributed by atoms with Crippen molar-refractivity contribution < 1.29 is 19.1 Å². The molecule has 0 radical (unpaired) electrons. The molecule has 1 atom stereocenters. The van der Waals surface area contributed by atoms with Crippen LogP contribution in [0.25, 0.3) is 0 Å². The Hall–Kier alpha value is -2.11.